The highest BCUT2D eigenvalue weighted by atomic mass is 35.5. The van der Waals surface area contributed by atoms with E-state index >= 15 is 0 Å². The Hall–Kier alpha value is -4.50. The van der Waals surface area contributed by atoms with Crippen molar-refractivity contribution < 1.29 is 24.0 Å². The van der Waals surface area contributed by atoms with Crippen molar-refractivity contribution in [2.75, 3.05) is 4.90 Å². The number of anilines is 1. The first-order valence-electron chi connectivity index (χ1n) is 10.4. The van der Waals surface area contributed by atoms with E-state index in [4.69, 9.17) is 16.3 Å². The molecule has 3 aromatic rings. The number of barbiturate groups is 1. The van der Waals surface area contributed by atoms with E-state index in [-0.39, 0.29) is 22.0 Å². The van der Waals surface area contributed by atoms with E-state index < -0.39 is 22.8 Å². The molecule has 1 saturated heterocycles. The van der Waals surface area contributed by atoms with E-state index in [2.05, 4.69) is 5.32 Å². The second-order valence-electron chi connectivity index (χ2n) is 7.70. The maximum absolute atomic E-state index is 13.0. The third kappa shape index (κ3) is 5.20. The summed E-state index contributed by atoms with van der Waals surface area (Å²) < 4.78 is 5.76. The fraction of sp³-hybridized carbons (Fsp3) is 0.0800. The predicted molar refractivity (Wildman–Crippen MR) is 129 cm³/mol. The van der Waals surface area contributed by atoms with Gasteiger partial charge in [0, 0.05) is 12.1 Å². The molecule has 4 amide bonds. The molecule has 0 aliphatic carbocycles. The summed E-state index contributed by atoms with van der Waals surface area (Å²) >= 11 is 6.34. The molecule has 0 unspecified atom stereocenters. The van der Waals surface area contributed by atoms with Gasteiger partial charge in [0.2, 0.25) is 0 Å². The Morgan fingerprint density at radius 2 is 1.80 bits per heavy atom. The predicted octanol–water partition coefficient (Wildman–Crippen LogP) is 4.80. The number of hydrogen-bond donors (Lipinski definition) is 1. The monoisotopic (exact) mass is 491 g/mol. The molecule has 1 heterocycles. The van der Waals surface area contributed by atoms with E-state index in [1.807, 2.05) is 31.2 Å². The number of ether oxygens (including phenoxy) is 1. The lowest BCUT2D eigenvalue weighted by Crippen LogP contribution is -2.54. The lowest BCUT2D eigenvalue weighted by molar-refractivity contribution is -0.384. The van der Waals surface area contributed by atoms with Crippen LogP contribution in [-0.4, -0.2) is 22.8 Å². The van der Waals surface area contributed by atoms with Crippen LogP contribution < -0.4 is 15.0 Å². The minimum absolute atomic E-state index is 0.0435. The largest absolute Gasteiger partial charge is 0.487 e. The second kappa shape index (κ2) is 9.78. The van der Waals surface area contributed by atoms with Gasteiger partial charge >= 0.3 is 6.03 Å². The molecule has 0 atom stereocenters. The number of non-ortho nitro benzene ring substituents is 1. The van der Waals surface area contributed by atoms with Crippen molar-refractivity contribution in [2.24, 2.45) is 0 Å². The third-order valence-corrected chi connectivity index (χ3v) is 5.48. The molecule has 9 nitrogen and oxygen atoms in total. The Morgan fingerprint density at radius 1 is 1.06 bits per heavy atom. The number of nitro benzene ring substituents is 1. The van der Waals surface area contributed by atoms with E-state index in [0.29, 0.717) is 22.8 Å². The number of benzene rings is 3. The molecule has 0 radical (unpaired) electrons. The van der Waals surface area contributed by atoms with Crippen LogP contribution in [0.1, 0.15) is 16.7 Å². The molecule has 1 aliphatic heterocycles. The molecule has 0 aromatic heterocycles. The number of halogens is 1. The minimum atomic E-state index is -1.00. The number of rotatable bonds is 6. The standard InChI is InChI=1S/C25H18ClN3O6/c1-15-5-7-16(8-6-15)14-35-22-10-9-17(12-21(22)26)11-20-23(30)27-25(32)28(24(20)31)18-3-2-4-19(13-18)29(33)34/h2-13H,14H2,1H3,(H,27,30,32)/b20-11+. The maximum atomic E-state index is 13.0. The van der Waals surface area contributed by atoms with Crippen LogP contribution in [-0.2, 0) is 16.2 Å². The first-order valence-corrected chi connectivity index (χ1v) is 10.7. The summed E-state index contributed by atoms with van der Waals surface area (Å²) in [5.74, 6) is -1.39. The number of nitro groups is 1. The van der Waals surface area contributed by atoms with Gasteiger partial charge in [-0.1, -0.05) is 53.6 Å². The summed E-state index contributed by atoms with van der Waals surface area (Å²) in [5.41, 5.74) is 1.84. The molecular formula is C25H18ClN3O6. The molecule has 1 aliphatic rings. The highest BCUT2D eigenvalue weighted by molar-refractivity contribution is 6.39. The highest BCUT2D eigenvalue weighted by Gasteiger charge is 2.37. The molecule has 35 heavy (non-hydrogen) atoms. The number of aryl methyl sites for hydroxylation is 1. The lowest BCUT2D eigenvalue weighted by atomic mass is 10.1. The number of carbonyl (C=O) groups is 3. The molecule has 1 N–H and O–H groups in total. The molecule has 3 aromatic carbocycles. The smallest absolute Gasteiger partial charge is 0.335 e. The van der Waals surface area contributed by atoms with Crippen molar-refractivity contribution in [3.05, 3.63) is 104 Å². The zero-order valence-electron chi connectivity index (χ0n) is 18.4. The van der Waals surface area contributed by atoms with Crippen LogP contribution in [0.2, 0.25) is 5.02 Å². The number of urea groups is 1. The zero-order chi connectivity index (χ0) is 25.1. The fourth-order valence-electron chi connectivity index (χ4n) is 3.37. The topological polar surface area (TPSA) is 119 Å². The summed E-state index contributed by atoms with van der Waals surface area (Å²) in [7, 11) is 0. The summed E-state index contributed by atoms with van der Waals surface area (Å²) in [6, 6.07) is 16.6. The van der Waals surface area contributed by atoms with Crippen LogP contribution in [0.4, 0.5) is 16.2 Å². The Kier molecular flexibility index (Phi) is 6.61. The first kappa shape index (κ1) is 23.7. The zero-order valence-corrected chi connectivity index (χ0v) is 19.1. The molecule has 4 rings (SSSR count). The summed E-state index contributed by atoms with van der Waals surface area (Å²) in [4.78, 5) is 48.8. The Balaban J connectivity index is 1.57. The normalized spacial score (nSPS) is 14.7. The van der Waals surface area contributed by atoms with Crippen molar-refractivity contribution in [3.63, 3.8) is 0 Å². The molecular weight excluding hydrogens is 474 g/mol. The Labute approximate surface area is 204 Å². The second-order valence-corrected chi connectivity index (χ2v) is 8.11. The van der Waals surface area contributed by atoms with E-state index in [0.717, 1.165) is 17.2 Å². The van der Waals surface area contributed by atoms with E-state index in [1.165, 1.54) is 30.3 Å². The molecule has 0 bridgehead atoms. The average molecular weight is 492 g/mol. The van der Waals surface area contributed by atoms with Crippen LogP contribution in [0.5, 0.6) is 5.75 Å². The van der Waals surface area contributed by atoms with Crippen molar-refractivity contribution in [1.29, 1.82) is 0 Å². The van der Waals surface area contributed by atoms with E-state index in [1.54, 1.807) is 12.1 Å². The first-order chi connectivity index (χ1) is 16.7. The van der Waals surface area contributed by atoms with Gasteiger partial charge in [-0.05, 0) is 42.3 Å². The van der Waals surface area contributed by atoms with Crippen molar-refractivity contribution >= 4 is 46.9 Å². The van der Waals surface area contributed by atoms with Gasteiger partial charge in [-0.15, -0.1) is 0 Å². The summed E-state index contributed by atoms with van der Waals surface area (Å²) in [6.45, 7) is 2.30. The summed E-state index contributed by atoms with van der Waals surface area (Å²) in [6.07, 6.45) is 1.28. The van der Waals surface area contributed by atoms with Crippen molar-refractivity contribution in [2.45, 2.75) is 13.5 Å². The molecule has 0 spiro atoms. The van der Waals surface area contributed by atoms with Gasteiger partial charge in [0.1, 0.15) is 17.9 Å². The van der Waals surface area contributed by atoms with Crippen LogP contribution >= 0.6 is 11.6 Å². The number of nitrogens with zero attached hydrogens (tertiary/aromatic N) is 2. The molecule has 176 valence electrons. The third-order valence-electron chi connectivity index (χ3n) is 5.18. The fourth-order valence-corrected chi connectivity index (χ4v) is 3.62. The molecule has 1 fully saturated rings. The number of hydrogen-bond acceptors (Lipinski definition) is 6. The quantitative estimate of drug-likeness (QED) is 0.229. The Bertz CT molecular complexity index is 1380. The molecule has 10 heteroatoms. The van der Waals surface area contributed by atoms with Gasteiger partial charge in [-0.3, -0.25) is 25.0 Å². The van der Waals surface area contributed by atoms with E-state index in [9.17, 15) is 24.5 Å². The van der Waals surface area contributed by atoms with Crippen molar-refractivity contribution in [3.8, 4) is 5.75 Å². The van der Waals surface area contributed by atoms with Crippen LogP contribution in [0.25, 0.3) is 6.08 Å². The SMILES string of the molecule is Cc1ccc(COc2ccc(/C=C3\C(=O)NC(=O)N(c4cccc([N+](=O)[O-])c4)C3=O)cc2Cl)cc1. The lowest BCUT2D eigenvalue weighted by Gasteiger charge is -2.26. The van der Waals surface area contributed by atoms with Crippen molar-refractivity contribution in [1.82, 2.24) is 5.32 Å². The van der Waals surface area contributed by atoms with Gasteiger partial charge in [0.15, 0.2) is 0 Å². The number of carbonyl (C=O) groups excluding carboxylic acids is 3. The number of nitrogens with one attached hydrogen (secondary N) is 1. The molecule has 0 saturated carbocycles. The highest BCUT2D eigenvalue weighted by Crippen LogP contribution is 2.29. The van der Waals surface area contributed by atoms with Gasteiger partial charge in [-0.2, -0.15) is 0 Å². The number of imide groups is 2. The van der Waals surface area contributed by atoms with Gasteiger partial charge in [-0.25, -0.2) is 9.69 Å². The van der Waals surface area contributed by atoms with Crippen LogP contribution in [0, 0.1) is 17.0 Å². The summed E-state index contributed by atoms with van der Waals surface area (Å²) in [5, 5.41) is 13.4. The van der Waals surface area contributed by atoms with Crippen LogP contribution in [0.15, 0.2) is 72.3 Å². The maximum Gasteiger partial charge on any atom is 0.335 e. The van der Waals surface area contributed by atoms with Gasteiger partial charge < -0.3 is 4.74 Å². The number of amides is 4. The van der Waals surface area contributed by atoms with Gasteiger partial charge in [0.05, 0.1) is 15.6 Å². The van der Waals surface area contributed by atoms with Gasteiger partial charge in [0.25, 0.3) is 17.5 Å². The average Bonchev–Trinajstić information content (AvgIpc) is 2.82. The van der Waals surface area contributed by atoms with Crippen LogP contribution in [0.3, 0.4) is 0 Å². The Morgan fingerprint density at radius 3 is 2.49 bits per heavy atom. The minimum Gasteiger partial charge on any atom is -0.487 e.